The maximum absolute atomic E-state index is 13.7. The van der Waals surface area contributed by atoms with Crippen LogP contribution in [0.15, 0.2) is 78.9 Å². The summed E-state index contributed by atoms with van der Waals surface area (Å²) in [5.41, 5.74) is 1.05. The molecule has 0 unspecified atom stereocenters. The lowest BCUT2D eigenvalue weighted by Crippen LogP contribution is -2.47. The molecular formula is C25H24ClNO3. The maximum atomic E-state index is 13.7. The molecule has 1 N–H and O–H groups in total. The molecule has 30 heavy (non-hydrogen) atoms. The van der Waals surface area contributed by atoms with Gasteiger partial charge >= 0.3 is 5.97 Å². The largest absolute Gasteiger partial charge is 0.480 e. The van der Waals surface area contributed by atoms with Gasteiger partial charge in [-0.1, -0.05) is 84.4 Å². The maximum Gasteiger partial charge on any atom is 0.326 e. The van der Waals surface area contributed by atoms with Crippen LogP contribution in [0.1, 0.15) is 42.9 Å². The first-order valence-electron chi connectivity index (χ1n) is 10.1. The van der Waals surface area contributed by atoms with E-state index >= 15 is 0 Å². The van der Waals surface area contributed by atoms with Crippen molar-refractivity contribution < 1.29 is 14.7 Å². The summed E-state index contributed by atoms with van der Waals surface area (Å²) in [6, 6.07) is 16.2. The molecule has 1 heterocycles. The number of amides is 1. The van der Waals surface area contributed by atoms with Gasteiger partial charge in [-0.15, -0.1) is 0 Å². The van der Waals surface area contributed by atoms with Gasteiger partial charge in [0.05, 0.1) is 11.5 Å². The van der Waals surface area contributed by atoms with Crippen LogP contribution >= 0.6 is 11.6 Å². The lowest BCUT2D eigenvalue weighted by Gasteiger charge is -2.36. The van der Waals surface area contributed by atoms with Gasteiger partial charge in [0.15, 0.2) is 0 Å². The molecule has 4 rings (SSSR count). The zero-order valence-electron chi connectivity index (χ0n) is 16.7. The number of allylic oxidation sites excluding steroid dienone is 2. The highest BCUT2D eigenvalue weighted by Crippen LogP contribution is 2.43. The lowest BCUT2D eigenvalue weighted by molar-refractivity contribution is -0.152. The normalized spacial score (nSPS) is 27.9. The number of hydrogen-bond acceptors (Lipinski definition) is 2. The SMILES string of the molecule is CC1(C(=O)N2[C@@H](c3ccccc3Cl)CC[C@H]2C(=O)O)C=CC(c2ccccc2)C=C1. The lowest BCUT2D eigenvalue weighted by atomic mass is 9.80. The molecule has 154 valence electrons. The minimum Gasteiger partial charge on any atom is -0.480 e. The summed E-state index contributed by atoms with van der Waals surface area (Å²) >= 11 is 6.40. The summed E-state index contributed by atoms with van der Waals surface area (Å²) in [6.45, 7) is 1.84. The number of hydrogen-bond donors (Lipinski definition) is 1. The molecule has 0 aromatic heterocycles. The van der Waals surface area contributed by atoms with Crippen molar-refractivity contribution in [3.63, 3.8) is 0 Å². The van der Waals surface area contributed by atoms with Crippen LogP contribution in [0.5, 0.6) is 0 Å². The Bertz CT molecular complexity index is 1000. The number of likely N-dealkylation sites (tertiary alicyclic amines) is 1. The van der Waals surface area contributed by atoms with Crippen molar-refractivity contribution >= 4 is 23.5 Å². The summed E-state index contributed by atoms with van der Waals surface area (Å²) < 4.78 is 0. The summed E-state index contributed by atoms with van der Waals surface area (Å²) in [4.78, 5) is 27.2. The quantitative estimate of drug-likeness (QED) is 0.675. The zero-order chi connectivity index (χ0) is 21.3. The van der Waals surface area contributed by atoms with Crippen molar-refractivity contribution in [2.75, 3.05) is 0 Å². The fourth-order valence-electron chi connectivity index (χ4n) is 4.43. The smallest absolute Gasteiger partial charge is 0.326 e. The van der Waals surface area contributed by atoms with E-state index in [2.05, 4.69) is 12.1 Å². The zero-order valence-corrected chi connectivity index (χ0v) is 17.5. The summed E-state index contributed by atoms with van der Waals surface area (Å²) in [6.07, 6.45) is 8.81. The first-order chi connectivity index (χ1) is 14.4. The van der Waals surface area contributed by atoms with Crippen LogP contribution in [-0.4, -0.2) is 27.9 Å². The molecule has 1 fully saturated rings. The van der Waals surface area contributed by atoms with E-state index < -0.39 is 17.4 Å². The monoisotopic (exact) mass is 421 g/mol. The van der Waals surface area contributed by atoms with Gasteiger partial charge in [-0.25, -0.2) is 4.79 Å². The van der Waals surface area contributed by atoms with E-state index in [0.29, 0.717) is 17.9 Å². The van der Waals surface area contributed by atoms with Crippen molar-refractivity contribution in [2.24, 2.45) is 5.41 Å². The number of halogens is 1. The Hall–Kier alpha value is -2.85. The van der Waals surface area contributed by atoms with E-state index in [4.69, 9.17) is 11.6 Å². The molecule has 1 aliphatic heterocycles. The standard InChI is InChI=1S/C25H24ClNO3/c1-25(15-13-18(14-16-25)17-7-3-2-4-8-17)24(30)27-21(11-12-22(27)23(28)29)19-9-5-6-10-20(19)26/h2-10,13-16,18,21-22H,11-12H2,1H3,(H,28,29)/t18?,21-,22+,25?/m1/s1. The summed E-state index contributed by atoms with van der Waals surface area (Å²) in [7, 11) is 0. The Morgan fingerprint density at radius 3 is 2.27 bits per heavy atom. The number of carbonyl (C=O) groups excluding carboxylic acids is 1. The van der Waals surface area contributed by atoms with Crippen molar-refractivity contribution in [2.45, 2.75) is 37.8 Å². The van der Waals surface area contributed by atoms with E-state index in [1.54, 1.807) is 6.07 Å². The Morgan fingerprint density at radius 2 is 1.63 bits per heavy atom. The number of aliphatic carboxylic acids is 1. The van der Waals surface area contributed by atoms with Crippen LogP contribution in [0, 0.1) is 5.41 Å². The van der Waals surface area contributed by atoms with Gasteiger partial charge in [0, 0.05) is 10.9 Å². The highest BCUT2D eigenvalue weighted by Gasteiger charge is 2.47. The first kappa shape index (κ1) is 20.4. The molecule has 0 bridgehead atoms. The first-order valence-corrected chi connectivity index (χ1v) is 10.5. The van der Waals surface area contributed by atoms with E-state index in [1.807, 2.05) is 67.6 Å². The van der Waals surface area contributed by atoms with Gasteiger partial charge in [-0.05, 0) is 37.0 Å². The molecule has 4 nitrogen and oxygen atoms in total. The number of carboxylic acid groups (broad SMARTS) is 1. The van der Waals surface area contributed by atoms with Gasteiger partial charge in [0.2, 0.25) is 5.91 Å². The van der Waals surface area contributed by atoms with Crippen LogP contribution in [-0.2, 0) is 9.59 Å². The predicted molar refractivity (Wildman–Crippen MR) is 117 cm³/mol. The average molecular weight is 422 g/mol. The van der Waals surface area contributed by atoms with Crippen molar-refractivity contribution in [3.05, 3.63) is 95.1 Å². The van der Waals surface area contributed by atoms with Crippen LogP contribution in [0.4, 0.5) is 0 Å². The Kier molecular flexibility index (Phi) is 5.52. The molecule has 1 aliphatic carbocycles. The van der Waals surface area contributed by atoms with Crippen LogP contribution in [0.25, 0.3) is 0 Å². The molecule has 0 spiro atoms. The molecule has 0 radical (unpaired) electrons. The Labute approximate surface area is 181 Å². The second kappa shape index (κ2) is 8.11. The van der Waals surface area contributed by atoms with Crippen molar-refractivity contribution in [1.82, 2.24) is 4.90 Å². The van der Waals surface area contributed by atoms with Crippen molar-refractivity contribution in [3.8, 4) is 0 Å². The highest BCUT2D eigenvalue weighted by atomic mass is 35.5. The third kappa shape index (κ3) is 3.68. The molecule has 5 heteroatoms. The van der Waals surface area contributed by atoms with Gasteiger partial charge in [-0.3, -0.25) is 4.79 Å². The molecule has 1 saturated heterocycles. The van der Waals surface area contributed by atoms with Crippen LogP contribution in [0.3, 0.4) is 0 Å². The van der Waals surface area contributed by atoms with E-state index in [9.17, 15) is 14.7 Å². The summed E-state index contributed by atoms with van der Waals surface area (Å²) in [5.74, 6) is -1.09. The minimum atomic E-state index is -0.979. The molecule has 2 aromatic carbocycles. The molecule has 0 saturated carbocycles. The minimum absolute atomic E-state index is 0.0975. The predicted octanol–water partition coefficient (Wildman–Crippen LogP) is 5.37. The van der Waals surface area contributed by atoms with Gasteiger partial charge in [0.25, 0.3) is 0 Å². The van der Waals surface area contributed by atoms with E-state index in [1.165, 1.54) is 4.90 Å². The number of carboxylic acids is 1. The number of benzene rings is 2. The topological polar surface area (TPSA) is 57.6 Å². The Balaban J connectivity index is 1.65. The van der Waals surface area contributed by atoms with Gasteiger partial charge in [-0.2, -0.15) is 0 Å². The molecule has 2 aliphatic rings. The third-order valence-electron chi connectivity index (χ3n) is 6.11. The number of nitrogens with zero attached hydrogens (tertiary/aromatic N) is 1. The van der Waals surface area contributed by atoms with Gasteiger partial charge < -0.3 is 10.0 Å². The second-order valence-corrected chi connectivity index (χ2v) is 8.53. The highest BCUT2D eigenvalue weighted by molar-refractivity contribution is 6.31. The van der Waals surface area contributed by atoms with E-state index in [-0.39, 0.29) is 17.9 Å². The molecular weight excluding hydrogens is 398 g/mol. The van der Waals surface area contributed by atoms with E-state index in [0.717, 1.165) is 11.1 Å². The van der Waals surface area contributed by atoms with Crippen molar-refractivity contribution in [1.29, 1.82) is 0 Å². The summed E-state index contributed by atoms with van der Waals surface area (Å²) in [5, 5.41) is 10.3. The number of carbonyl (C=O) groups is 2. The Morgan fingerprint density at radius 1 is 1.00 bits per heavy atom. The van der Waals surface area contributed by atoms with Gasteiger partial charge in [0.1, 0.15) is 6.04 Å². The second-order valence-electron chi connectivity index (χ2n) is 8.12. The average Bonchev–Trinajstić information content (AvgIpc) is 3.20. The molecule has 1 amide bonds. The van der Waals surface area contributed by atoms with Crippen LogP contribution in [0.2, 0.25) is 5.02 Å². The number of rotatable bonds is 4. The fourth-order valence-corrected chi connectivity index (χ4v) is 4.69. The third-order valence-corrected chi connectivity index (χ3v) is 6.46. The molecule has 2 atom stereocenters. The van der Waals surface area contributed by atoms with Crippen LogP contribution < -0.4 is 0 Å². The molecule has 2 aromatic rings. The fraction of sp³-hybridized carbons (Fsp3) is 0.280.